The van der Waals surface area contributed by atoms with Crippen LogP contribution in [0, 0.1) is 0 Å². The Labute approximate surface area is 138 Å². The summed E-state index contributed by atoms with van der Waals surface area (Å²) in [6.45, 7) is -0.107. The van der Waals surface area contributed by atoms with Crippen LogP contribution >= 0.6 is 0 Å². The van der Waals surface area contributed by atoms with Crippen molar-refractivity contribution in [2.45, 2.75) is 25.8 Å². The molecule has 2 aromatic carbocycles. The van der Waals surface area contributed by atoms with Crippen molar-refractivity contribution in [1.82, 2.24) is 19.8 Å². The van der Waals surface area contributed by atoms with Crippen LogP contribution in [-0.2, 0) is 19.4 Å². The van der Waals surface area contributed by atoms with E-state index >= 15 is 0 Å². The van der Waals surface area contributed by atoms with E-state index in [2.05, 4.69) is 10.4 Å². The van der Waals surface area contributed by atoms with Gasteiger partial charge in [-0.15, -0.1) is 0 Å². The summed E-state index contributed by atoms with van der Waals surface area (Å²) >= 11 is 0. The minimum Gasteiger partial charge on any atom is -0.292 e. The van der Waals surface area contributed by atoms with Crippen molar-refractivity contribution in [3.8, 4) is 5.69 Å². The van der Waals surface area contributed by atoms with E-state index < -0.39 is 5.69 Å². The Morgan fingerprint density at radius 3 is 2.62 bits per heavy atom. The van der Waals surface area contributed by atoms with Crippen LogP contribution in [0.15, 0.2) is 53.3 Å². The average Bonchev–Trinajstić information content (AvgIpc) is 3.22. The van der Waals surface area contributed by atoms with Crippen LogP contribution in [-0.4, -0.2) is 25.6 Å². The van der Waals surface area contributed by atoms with Gasteiger partial charge in [0, 0.05) is 5.56 Å². The molecule has 120 valence electrons. The number of benzene rings is 2. The predicted octanol–water partition coefficient (Wildman–Crippen LogP) is 1.80. The summed E-state index contributed by atoms with van der Waals surface area (Å²) in [5, 5.41) is 7.68. The van der Waals surface area contributed by atoms with Gasteiger partial charge in [-0.25, -0.2) is 4.79 Å². The number of hydrogen-bond acceptors (Lipinski definition) is 4. The third-order valence-electron chi connectivity index (χ3n) is 4.35. The van der Waals surface area contributed by atoms with Gasteiger partial charge in [0.05, 0.1) is 5.69 Å². The number of aromatic nitrogens is 4. The molecular formula is C18H16N4O2. The standard InChI is InChI=1S/C18H16N4O2/c23-17(15-10-9-13-5-4-6-14(13)11-15)12-21-18(24)22(20-19-21)16-7-2-1-3-8-16/h1-3,7-11H,4-6,12H2. The van der Waals surface area contributed by atoms with Crippen LogP contribution in [0.3, 0.4) is 0 Å². The summed E-state index contributed by atoms with van der Waals surface area (Å²) in [5.41, 5.74) is 3.38. The highest BCUT2D eigenvalue weighted by Crippen LogP contribution is 2.23. The maximum atomic E-state index is 12.5. The molecule has 3 aromatic rings. The van der Waals surface area contributed by atoms with Gasteiger partial charge < -0.3 is 0 Å². The first-order valence-corrected chi connectivity index (χ1v) is 7.95. The second-order valence-corrected chi connectivity index (χ2v) is 5.93. The van der Waals surface area contributed by atoms with Gasteiger partial charge in [0.15, 0.2) is 5.78 Å². The first kappa shape index (κ1) is 14.6. The second-order valence-electron chi connectivity index (χ2n) is 5.93. The lowest BCUT2D eigenvalue weighted by Crippen LogP contribution is -2.27. The SMILES string of the molecule is O=C(Cn1nnn(-c2ccccc2)c1=O)c1ccc2c(c1)CCC2. The number of Topliss-reactive ketones (excluding diaryl/α,β-unsaturated/α-hetero) is 1. The number of tetrazole rings is 1. The molecule has 1 aliphatic rings. The van der Waals surface area contributed by atoms with Crippen molar-refractivity contribution in [3.63, 3.8) is 0 Å². The molecule has 0 aliphatic heterocycles. The quantitative estimate of drug-likeness (QED) is 0.687. The lowest BCUT2D eigenvalue weighted by atomic mass is 10.0. The highest BCUT2D eigenvalue weighted by molar-refractivity contribution is 5.96. The highest BCUT2D eigenvalue weighted by atomic mass is 16.2. The van der Waals surface area contributed by atoms with Crippen molar-refractivity contribution in [1.29, 1.82) is 0 Å². The maximum Gasteiger partial charge on any atom is 0.368 e. The summed E-state index contributed by atoms with van der Waals surface area (Å²) in [7, 11) is 0. The van der Waals surface area contributed by atoms with Gasteiger partial charge in [-0.3, -0.25) is 4.79 Å². The van der Waals surface area contributed by atoms with E-state index in [-0.39, 0.29) is 12.3 Å². The Bertz CT molecular complexity index is 957. The molecule has 0 atom stereocenters. The summed E-state index contributed by atoms with van der Waals surface area (Å²) in [4.78, 5) is 24.8. The molecule has 0 unspecified atom stereocenters. The molecule has 1 heterocycles. The van der Waals surface area contributed by atoms with E-state index in [0.29, 0.717) is 11.3 Å². The lowest BCUT2D eigenvalue weighted by Gasteiger charge is -2.04. The zero-order valence-corrected chi connectivity index (χ0v) is 13.1. The van der Waals surface area contributed by atoms with Crippen molar-refractivity contribution in [2.75, 3.05) is 0 Å². The molecule has 0 saturated carbocycles. The number of hydrogen-bond donors (Lipinski definition) is 0. The fourth-order valence-electron chi connectivity index (χ4n) is 3.08. The number of para-hydroxylation sites is 1. The fraction of sp³-hybridized carbons (Fsp3) is 0.222. The number of aryl methyl sites for hydroxylation is 2. The lowest BCUT2D eigenvalue weighted by molar-refractivity contribution is 0.0965. The monoisotopic (exact) mass is 320 g/mol. The Hall–Kier alpha value is -3.02. The van der Waals surface area contributed by atoms with Crippen LogP contribution in [0.2, 0.25) is 0 Å². The topological polar surface area (TPSA) is 69.8 Å². The molecule has 0 N–H and O–H groups in total. The number of rotatable bonds is 4. The Kier molecular flexibility index (Phi) is 3.57. The summed E-state index contributed by atoms with van der Waals surface area (Å²) in [6.07, 6.45) is 3.23. The molecule has 0 amide bonds. The third-order valence-corrected chi connectivity index (χ3v) is 4.35. The molecule has 1 aromatic heterocycles. The van der Waals surface area contributed by atoms with Gasteiger partial charge in [-0.2, -0.15) is 9.36 Å². The van der Waals surface area contributed by atoms with E-state index in [1.807, 2.05) is 36.4 Å². The zero-order valence-electron chi connectivity index (χ0n) is 13.1. The van der Waals surface area contributed by atoms with E-state index in [0.717, 1.165) is 23.9 Å². The average molecular weight is 320 g/mol. The van der Waals surface area contributed by atoms with Crippen LogP contribution in [0.4, 0.5) is 0 Å². The second kappa shape index (κ2) is 5.88. The van der Waals surface area contributed by atoms with E-state index in [1.54, 1.807) is 12.1 Å². The molecule has 0 fully saturated rings. The fourth-order valence-corrected chi connectivity index (χ4v) is 3.08. The minimum absolute atomic E-state index is 0.107. The number of carbonyl (C=O) groups excluding carboxylic acids is 1. The molecule has 0 bridgehead atoms. The highest BCUT2D eigenvalue weighted by Gasteiger charge is 2.16. The maximum absolute atomic E-state index is 12.5. The van der Waals surface area contributed by atoms with Gasteiger partial charge in [0.1, 0.15) is 6.54 Å². The largest absolute Gasteiger partial charge is 0.368 e. The molecular weight excluding hydrogens is 304 g/mol. The van der Waals surface area contributed by atoms with E-state index in [9.17, 15) is 9.59 Å². The zero-order chi connectivity index (χ0) is 16.5. The Balaban J connectivity index is 1.59. The third kappa shape index (κ3) is 2.56. The van der Waals surface area contributed by atoms with Crippen LogP contribution in [0.1, 0.15) is 27.9 Å². The summed E-state index contributed by atoms with van der Waals surface area (Å²) in [5.74, 6) is -0.132. The van der Waals surface area contributed by atoms with Crippen molar-refractivity contribution in [3.05, 3.63) is 75.7 Å². The number of nitrogens with zero attached hydrogens (tertiary/aromatic N) is 4. The van der Waals surface area contributed by atoms with Crippen molar-refractivity contribution in [2.24, 2.45) is 0 Å². The van der Waals surface area contributed by atoms with Crippen molar-refractivity contribution >= 4 is 5.78 Å². The first-order chi connectivity index (χ1) is 11.7. The van der Waals surface area contributed by atoms with Gasteiger partial charge in [-0.1, -0.05) is 30.3 Å². The van der Waals surface area contributed by atoms with Gasteiger partial charge in [-0.05, 0) is 59.0 Å². The predicted molar refractivity (Wildman–Crippen MR) is 88.4 cm³/mol. The number of carbonyl (C=O) groups is 1. The molecule has 4 rings (SSSR count). The van der Waals surface area contributed by atoms with Crippen molar-refractivity contribution < 1.29 is 4.79 Å². The molecule has 0 saturated heterocycles. The first-order valence-electron chi connectivity index (χ1n) is 7.95. The Morgan fingerprint density at radius 2 is 1.79 bits per heavy atom. The van der Waals surface area contributed by atoms with Gasteiger partial charge >= 0.3 is 5.69 Å². The molecule has 6 nitrogen and oxygen atoms in total. The van der Waals surface area contributed by atoms with E-state index in [1.165, 1.54) is 15.8 Å². The van der Waals surface area contributed by atoms with Gasteiger partial charge in [0.2, 0.25) is 0 Å². The minimum atomic E-state index is -0.421. The molecule has 6 heteroatoms. The van der Waals surface area contributed by atoms with Crippen LogP contribution < -0.4 is 5.69 Å². The number of fused-ring (bicyclic) bond motifs is 1. The molecule has 0 spiro atoms. The summed E-state index contributed by atoms with van der Waals surface area (Å²) < 4.78 is 2.29. The van der Waals surface area contributed by atoms with Crippen LogP contribution in [0.5, 0.6) is 0 Å². The van der Waals surface area contributed by atoms with Gasteiger partial charge in [0.25, 0.3) is 0 Å². The smallest absolute Gasteiger partial charge is 0.292 e. The Morgan fingerprint density at radius 1 is 1.00 bits per heavy atom. The van der Waals surface area contributed by atoms with E-state index in [4.69, 9.17) is 0 Å². The molecule has 24 heavy (non-hydrogen) atoms. The molecule has 0 radical (unpaired) electrons. The molecule has 1 aliphatic carbocycles. The summed E-state index contributed by atoms with van der Waals surface area (Å²) in [6, 6.07) is 14.8. The number of ketones is 1. The normalized spacial score (nSPS) is 13.0. The van der Waals surface area contributed by atoms with Crippen LogP contribution in [0.25, 0.3) is 5.69 Å².